The lowest BCUT2D eigenvalue weighted by Gasteiger charge is -2.30. The van der Waals surface area contributed by atoms with Gasteiger partial charge in [0, 0.05) is 23.8 Å². The highest BCUT2D eigenvalue weighted by Gasteiger charge is 2.34. The van der Waals surface area contributed by atoms with Crippen LogP contribution in [-0.4, -0.2) is 11.1 Å². The van der Waals surface area contributed by atoms with Crippen molar-refractivity contribution in [1.29, 1.82) is 0 Å². The number of nitrogens with two attached hydrogens (primary N) is 1. The zero-order valence-electron chi connectivity index (χ0n) is 10.6. The van der Waals surface area contributed by atoms with Gasteiger partial charge in [-0.3, -0.25) is 0 Å². The topological polar surface area (TPSA) is 29.3 Å². The van der Waals surface area contributed by atoms with Gasteiger partial charge in [-0.05, 0) is 25.0 Å². The summed E-state index contributed by atoms with van der Waals surface area (Å²) >= 11 is 0. The molecule has 0 radical (unpaired) electrons. The van der Waals surface area contributed by atoms with E-state index >= 15 is 0 Å². The molecular formula is C13H17F3N2. The summed E-state index contributed by atoms with van der Waals surface area (Å²) in [7, 11) is 0. The summed E-state index contributed by atoms with van der Waals surface area (Å²) in [5.74, 6) is 0.121. The zero-order chi connectivity index (χ0) is 13.9. The van der Waals surface area contributed by atoms with Crippen LogP contribution in [0.2, 0.25) is 0 Å². The fourth-order valence-electron chi connectivity index (χ4n) is 1.70. The standard InChI is InChI=1S/C13H17F3N2/c1-4-11-7-10(13(14,15)16)5-6-18(11)12(8-17)9(2)3/h4-9H,17H2,1-3H3/b11-4-,12-8-. The Labute approximate surface area is 105 Å². The predicted molar refractivity (Wildman–Crippen MR) is 66.0 cm³/mol. The minimum absolute atomic E-state index is 0.121. The van der Waals surface area contributed by atoms with Gasteiger partial charge in [-0.1, -0.05) is 19.9 Å². The minimum Gasteiger partial charge on any atom is -0.403 e. The van der Waals surface area contributed by atoms with Crippen molar-refractivity contribution < 1.29 is 13.2 Å². The van der Waals surface area contributed by atoms with E-state index in [0.29, 0.717) is 5.70 Å². The molecule has 0 fully saturated rings. The first-order valence-electron chi connectivity index (χ1n) is 5.65. The molecular weight excluding hydrogens is 241 g/mol. The molecule has 1 aliphatic rings. The van der Waals surface area contributed by atoms with Crippen molar-refractivity contribution in [2.24, 2.45) is 11.7 Å². The molecule has 1 aliphatic heterocycles. The Hall–Kier alpha value is -1.65. The van der Waals surface area contributed by atoms with Crippen LogP contribution < -0.4 is 5.73 Å². The maximum Gasteiger partial charge on any atom is 0.416 e. The molecule has 0 saturated heterocycles. The summed E-state index contributed by atoms with van der Waals surface area (Å²) in [5.41, 5.74) is 6.10. The van der Waals surface area contributed by atoms with E-state index in [4.69, 9.17) is 5.73 Å². The van der Waals surface area contributed by atoms with E-state index in [1.54, 1.807) is 17.9 Å². The van der Waals surface area contributed by atoms with Gasteiger partial charge in [0.25, 0.3) is 0 Å². The van der Waals surface area contributed by atoms with Gasteiger partial charge >= 0.3 is 6.18 Å². The quantitative estimate of drug-likeness (QED) is 0.819. The maximum absolute atomic E-state index is 12.6. The van der Waals surface area contributed by atoms with E-state index in [1.807, 2.05) is 13.8 Å². The van der Waals surface area contributed by atoms with Gasteiger partial charge in [0.1, 0.15) is 0 Å². The summed E-state index contributed by atoms with van der Waals surface area (Å²) in [6, 6.07) is 0. The Morgan fingerprint density at radius 1 is 1.39 bits per heavy atom. The van der Waals surface area contributed by atoms with Crippen LogP contribution in [0.5, 0.6) is 0 Å². The van der Waals surface area contributed by atoms with Crippen LogP contribution in [0.15, 0.2) is 47.6 Å². The van der Waals surface area contributed by atoms with E-state index in [0.717, 1.165) is 17.8 Å². The number of nitrogens with zero attached hydrogens (tertiary/aromatic N) is 1. The van der Waals surface area contributed by atoms with E-state index in [2.05, 4.69) is 0 Å². The normalized spacial score (nSPS) is 19.7. The molecule has 0 aromatic rings. The largest absolute Gasteiger partial charge is 0.416 e. The molecule has 0 atom stereocenters. The molecule has 1 rings (SSSR count). The van der Waals surface area contributed by atoms with Gasteiger partial charge in [-0.15, -0.1) is 0 Å². The van der Waals surface area contributed by atoms with Crippen LogP contribution in [-0.2, 0) is 0 Å². The first kappa shape index (κ1) is 14.4. The fraction of sp³-hybridized carbons (Fsp3) is 0.385. The number of hydrogen-bond acceptors (Lipinski definition) is 2. The molecule has 0 spiro atoms. The van der Waals surface area contributed by atoms with Crippen LogP contribution in [0.25, 0.3) is 0 Å². The average Bonchev–Trinajstić information content (AvgIpc) is 2.28. The van der Waals surface area contributed by atoms with Crippen LogP contribution in [0.1, 0.15) is 20.8 Å². The van der Waals surface area contributed by atoms with Gasteiger partial charge in [-0.2, -0.15) is 13.2 Å². The van der Waals surface area contributed by atoms with Crippen LogP contribution in [0.4, 0.5) is 13.2 Å². The molecule has 0 unspecified atom stereocenters. The molecule has 0 aromatic heterocycles. The first-order chi connectivity index (χ1) is 8.31. The smallest absolute Gasteiger partial charge is 0.403 e. The Bertz CT molecular complexity index is 426. The molecule has 2 N–H and O–H groups in total. The Balaban J connectivity index is 3.12. The summed E-state index contributed by atoms with van der Waals surface area (Å²) in [6.07, 6.45) is 2.29. The van der Waals surface area contributed by atoms with Gasteiger partial charge in [0.15, 0.2) is 0 Å². The fourth-order valence-corrected chi connectivity index (χ4v) is 1.70. The highest BCUT2D eigenvalue weighted by molar-refractivity contribution is 5.40. The molecule has 18 heavy (non-hydrogen) atoms. The zero-order valence-corrected chi connectivity index (χ0v) is 10.6. The van der Waals surface area contributed by atoms with Crippen LogP contribution >= 0.6 is 0 Å². The third-order valence-electron chi connectivity index (χ3n) is 2.65. The van der Waals surface area contributed by atoms with Crippen molar-refractivity contribution in [3.05, 3.63) is 47.6 Å². The molecule has 0 bridgehead atoms. The van der Waals surface area contributed by atoms with Crippen LogP contribution in [0, 0.1) is 5.92 Å². The summed E-state index contributed by atoms with van der Waals surface area (Å²) in [6.45, 7) is 5.56. The van der Waals surface area contributed by atoms with Crippen molar-refractivity contribution in [2.45, 2.75) is 26.9 Å². The number of allylic oxidation sites excluding steroid dienone is 5. The second-order valence-corrected chi connectivity index (χ2v) is 4.24. The van der Waals surface area contributed by atoms with E-state index in [9.17, 15) is 13.2 Å². The SMILES string of the molecule is C/C=C1/C=C(C(F)(F)F)C=CN1/C(=C\N)C(C)C. The first-order valence-corrected chi connectivity index (χ1v) is 5.65. The van der Waals surface area contributed by atoms with Crippen molar-refractivity contribution in [3.63, 3.8) is 0 Å². The molecule has 1 heterocycles. The second kappa shape index (κ2) is 5.33. The lowest BCUT2D eigenvalue weighted by molar-refractivity contribution is -0.0886. The van der Waals surface area contributed by atoms with Gasteiger partial charge in [0.2, 0.25) is 0 Å². The van der Waals surface area contributed by atoms with Gasteiger partial charge in [-0.25, -0.2) is 0 Å². The minimum atomic E-state index is -4.33. The predicted octanol–water partition coefficient (Wildman–Crippen LogP) is 3.66. The monoisotopic (exact) mass is 258 g/mol. The summed E-state index contributed by atoms with van der Waals surface area (Å²) in [4.78, 5) is 1.67. The van der Waals surface area contributed by atoms with Crippen molar-refractivity contribution >= 4 is 0 Å². The lowest BCUT2D eigenvalue weighted by atomic mass is 10.1. The summed E-state index contributed by atoms with van der Waals surface area (Å²) in [5, 5.41) is 0. The highest BCUT2D eigenvalue weighted by Crippen LogP contribution is 2.33. The van der Waals surface area contributed by atoms with Gasteiger partial charge in [0.05, 0.1) is 5.57 Å². The van der Waals surface area contributed by atoms with E-state index in [-0.39, 0.29) is 5.92 Å². The molecule has 0 amide bonds. The molecule has 0 aromatic carbocycles. The van der Waals surface area contributed by atoms with Crippen LogP contribution in [0.3, 0.4) is 0 Å². The Kier molecular flexibility index (Phi) is 4.27. The van der Waals surface area contributed by atoms with E-state index < -0.39 is 11.7 Å². The average molecular weight is 258 g/mol. The van der Waals surface area contributed by atoms with Crippen molar-refractivity contribution in [3.8, 4) is 0 Å². The number of rotatable bonds is 2. The molecule has 0 aliphatic carbocycles. The molecule has 100 valence electrons. The second-order valence-electron chi connectivity index (χ2n) is 4.24. The maximum atomic E-state index is 12.6. The number of halogens is 3. The molecule has 2 nitrogen and oxygen atoms in total. The Morgan fingerprint density at radius 2 is 2.00 bits per heavy atom. The van der Waals surface area contributed by atoms with Gasteiger partial charge < -0.3 is 10.6 Å². The number of hydrogen-bond donors (Lipinski definition) is 1. The molecule has 5 heteroatoms. The van der Waals surface area contributed by atoms with Crippen molar-refractivity contribution in [1.82, 2.24) is 4.90 Å². The van der Waals surface area contributed by atoms with Crippen molar-refractivity contribution in [2.75, 3.05) is 0 Å². The lowest BCUT2D eigenvalue weighted by Crippen LogP contribution is -2.24. The highest BCUT2D eigenvalue weighted by atomic mass is 19.4. The molecule has 0 saturated carbocycles. The van der Waals surface area contributed by atoms with E-state index in [1.165, 1.54) is 12.4 Å². The third-order valence-corrected chi connectivity index (χ3v) is 2.65. The Morgan fingerprint density at radius 3 is 2.39 bits per heavy atom. The number of alkyl halides is 3. The summed E-state index contributed by atoms with van der Waals surface area (Å²) < 4.78 is 37.8. The third kappa shape index (κ3) is 2.97.